The van der Waals surface area contributed by atoms with Crippen LogP contribution in [-0.2, 0) is 9.84 Å². The van der Waals surface area contributed by atoms with E-state index in [-0.39, 0.29) is 11.8 Å². The van der Waals surface area contributed by atoms with Crippen molar-refractivity contribution in [2.24, 2.45) is 5.73 Å². The zero-order valence-electron chi connectivity index (χ0n) is 11.5. The minimum absolute atomic E-state index is 0.140. The normalized spacial score (nSPS) is 24.5. The first-order chi connectivity index (χ1) is 8.94. The largest absolute Gasteiger partial charge is 0.369 e. The van der Waals surface area contributed by atoms with Gasteiger partial charge in [-0.1, -0.05) is 6.92 Å². The van der Waals surface area contributed by atoms with Crippen LogP contribution in [0.1, 0.15) is 26.7 Å². The van der Waals surface area contributed by atoms with Crippen LogP contribution in [0.3, 0.4) is 0 Å². The van der Waals surface area contributed by atoms with Crippen molar-refractivity contribution in [3.05, 3.63) is 24.3 Å². The molecule has 0 aliphatic carbocycles. The molecule has 0 aromatic heterocycles. The molecule has 1 fully saturated rings. The van der Waals surface area contributed by atoms with Gasteiger partial charge in [-0.15, -0.1) is 0 Å². The van der Waals surface area contributed by atoms with Crippen molar-refractivity contribution in [1.82, 2.24) is 0 Å². The molecular formula is C14H22N2O2S. The summed E-state index contributed by atoms with van der Waals surface area (Å²) >= 11 is 0. The van der Waals surface area contributed by atoms with Crippen LogP contribution in [-0.4, -0.2) is 32.8 Å². The summed E-state index contributed by atoms with van der Waals surface area (Å²) in [6, 6.07) is 7.89. The Morgan fingerprint density at radius 1 is 1.32 bits per heavy atom. The maximum Gasteiger partial charge on any atom is 0.178 e. The maximum atomic E-state index is 11.8. The van der Waals surface area contributed by atoms with Crippen LogP contribution >= 0.6 is 0 Å². The second-order valence-corrected chi connectivity index (χ2v) is 7.50. The second-order valence-electron chi connectivity index (χ2n) is 5.22. The molecule has 0 saturated carbocycles. The minimum atomic E-state index is -3.11. The highest BCUT2D eigenvalue weighted by molar-refractivity contribution is 7.91. The fraction of sp³-hybridized carbons (Fsp3) is 0.571. The first kappa shape index (κ1) is 14.3. The van der Waals surface area contributed by atoms with Crippen molar-refractivity contribution in [2.75, 3.05) is 17.2 Å². The number of hydrogen-bond donors (Lipinski definition) is 1. The Bertz CT molecular complexity index is 525. The molecule has 19 heavy (non-hydrogen) atoms. The first-order valence-electron chi connectivity index (χ1n) is 6.79. The van der Waals surface area contributed by atoms with Crippen LogP contribution in [0.15, 0.2) is 29.2 Å². The number of benzene rings is 1. The molecule has 0 radical (unpaired) electrons. The summed E-state index contributed by atoms with van der Waals surface area (Å²) in [5.74, 6) is 0.140. The van der Waals surface area contributed by atoms with Gasteiger partial charge >= 0.3 is 0 Å². The van der Waals surface area contributed by atoms with Gasteiger partial charge in [-0.2, -0.15) is 0 Å². The number of sulfone groups is 1. The maximum absolute atomic E-state index is 11.8. The first-order valence-corrected chi connectivity index (χ1v) is 8.44. The van der Waals surface area contributed by atoms with E-state index in [2.05, 4.69) is 11.8 Å². The minimum Gasteiger partial charge on any atom is -0.369 e. The summed E-state index contributed by atoms with van der Waals surface area (Å²) in [4.78, 5) is 2.70. The van der Waals surface area contributed by atoms with E-state index in [1.165, 1.54) is 0 Å². The molecule has 1 saturated heterocycles. The Morgan fingerprint density at radius 3 is 2.47 bits per heavy atom. The summed E-state index contributed by atoms with van der Waals surface area (Å²) in [5, 5.41) is 0. The summed E-state index contributed by atoms with van der Waals surface area (Å²) in [7, 11) is -3.11. The van der Waals surface area contributed by atoms with Gasteiger partial charge < -0.3 is 10.6 Å². The lowest BCUT2D eigenvalue weighted by molar-refractivity contribution is 0.430. The molecular weight excluding hydrogens is 260 g/mol. The SMILES string of the molecule is CCS(=O)(=O)c1ccc(N2CCC(N)CC2C)cc1. The molecule has 1 aliphatic rings. The fourth-order valence-electron chi connectivity index (χ4n) is 2.60. The number of rotatable bonds is 3. The average molecular weight is 282 g/mol. The predicted octanol–water partition coefficient (Wildman–Crippen LogP) is 1.80. The molecule has 2 N–H and O–H groups in total. The molecule has 2 atom stereocenters. The van der Waals surface area contributed by atoms with Crippen LogP contribution in [0, 0.1) is 0 Å². The van der Waals surface area contributed by atoms with Gasteiger partial charge in [0.15, 0.2) is 9.84 Å². The van der Waals surface area contributed by atoms with Crippen LogP contribution in [0.2, 0.25) is 0 Å². The summed E-state index contributed by atoms with van der Waals surface area (Å²) < 4.78 is 23.5. The third-order valence-electron chi connectivity index (χ3n) is 3.82. The van der Waals surface area contributed by atoms with Crippen molar-refractivity contribution in [3.63, 3.8) is 0 Å². The van der Waals surface area contributed by atoms with Gasteiger partial charge in [-0.25, -0.2) is 8.42 Å². The van der Waals surface area contributed by atoms with Crippen LogP contribution in [0.4, 0.5) is 5.69 Å². The third-order valence-corrected chi connectivity index (χ3v) is 5.57. The van der Waals surface area contributed by atoms with Gasteiger partial charge in [0.2, 0.25) is 0 Å². The van der Waals surface area contributed by atoms with E-state index >= 15 is 0 Å². The van der Waals surface area contributed by atoms with E-state index in [1.807, 2.05) is 12.1 Å². The molecule has 2 unspecified atom stereocenters. The van der Waals surface area contributed by atoms with Crippen molar-refractivity contribution < 1.29 is 8.42 Å². The number of nitrogens with two attached hydrogens (primary N) is 1. The Balaban J connectivity index is 2.19. The van der Waals surface area contributed by atoms with E-state index in [0.717, 1.165) is 25.1 Å². The summed E-state index contributed by atoms with van der Waals surface area (Å²) in [5.41, 5.74) is 7.04. The van der Waals surface area contributed by atoms with Crippen LogP contribution in [0.5, 0.6) is 0 Å². The van der Waals surface area contributed by atoms with Gasteiger partial charge in [0, 0.05) is 24.3 Å². The number of anilines is 1. The monoisotopic (exact) mass is 282 g/mol. The Labute approximate surface area is 115 Å². The molecule has 5 heteroatoms. The van der Waals surface area contributed by atoms with E-state index in [9.17, 15) is 8.42 Å². The zero-order chi connectivity index (χ0) is 14.0. The quantitative estimate of drug-likeness (QED) is 0.918. The smallest absolute Gasteiger partial charge is 0.178 e. The lowest BCUT2D eigenvalue weighted by Gasteiger charge is -2.38. The van der Waals surface area contributed by atoms with E-state index in [1.54, 1.807) is 19.1 Å². The fourth-order valence-corrected chi connectivity index (χ4v) is 3.49. The Kier molecular flexibility index (Phi) is 4.16. The summed E-state index contributed by atoms with van der Waals surface area (Å²) in [6.07, 6.45) is 1.97. The lowest BCUT2D eigenvalue weighted by atomic mass is 9.98. The van der Waals surface area contributed by atoms with Crippen molar-refractivity contribution in [3.8, 4) is 0 Å². The van der Waals surface area contributed by atoms with E-state index < -0.39 is 9.84 Å². The molecule has 0 amide bonds. The van der Waals surface area contributed by atoms with E-state index in [0.29, 0.717) is 10.9 Å². The average Bonchev–Trinajstić information content (AvgIpc) is 2.39. The Hall–Kier alpha value is -1.07. The standard InChI is InChI=1S/C14H22N2O2S/c1-3-19(17,18)14-6-4-13(5-7-14)16-9-8-12(15)10-11(16)2/h4-7,11-12H,3,8-10,15H2,1-2H3. The second kappa shape index (κ2) is 5.51. The molecule has 2 rings (SSSR count). The van der Waals surface area contributed by atoms with Gasteiger partial charge in [-0.05, 0) is 44.0 Å². The van der Waals surface area contributed by atoms with Crippen molar-refractivity contribution >= 4 is 15.5 Å². The Morgan fingerprint density at radius 2 is 1.95 bits per heavy atom. The highest BCUT2D eigenvalue weighted by Gasteiger charge is 2.23. The molecule has 0 bridgehead atoms. The molecule has 1 aromatic carbocycles. The highest BCUT2D eigenvalue weighted by atomic mass is 32.2. The van der Waals surface area contributed by atoms with Crippen LogP contribution in [0.25, 0.3) is 0 Å². The molecule has 0 spiro atoms. The zero-order valence-corrected chi connectivity index (χ0v) is 12.4. The van der Waals surface area contributed by atoms with E-state index in [4.69, 9.17) is 5.73 Å². The summed E-state index contributed by atoms with van der Waals surface area (Å²) in [6.45, 7) is 4.76. The van der Waals surface area contributed by atoms with Gasteiger partial charge in [0.25, 0.3) is 0 Å². The van der Waals surface area contributed by atoms with Gasteiger partial charge in [0.1, 0.15) is 0 Å². The van der Waals surface area contributed by atoms with Crippen molar-refractivity contribution in [1.29, 1.82) is 0 Å². The molecule has 106 valence electrons. The van der Waals surface area contributed by atoms with Gasteiger partial charge in [-0.3, -0.25) is 0 Å². The molecule has 4 nitrogen and oxygen atoms in total. The number of piperidine rings is 1. The molecule has 1 aromatic rings. The number of nitrogens with zero attached hydrogens (tertiary/aromatic N) is 1. The van der Waals surface area contributed by atoms with Crippen LogP contribution < -0.4 is 10.6 Å². The van der Waals surface area contributed by atoms with Gasteiger partial charge in [0.05, 0.1) is 10.6 Å². The predicted molar refractivity (Wildman–Crippen MR) is 78.2 cm³/mol. The number of hydrogen-bond acceptors (Lipinski definition) is 4. The van der Waals surface area contributed by atoms with Crippen molar-refractivity contribution in [2.45, 2.75) is 43.7 Å². The lowest BCUT2D eigenvalue weighted by Crippen LogP contribution is -2.45. The molecule has 1 aliphatic heterocycles. The topological polar surface area (TPSA) is 63.4 Å². The molecule has 1 heterocycles. The third kappa shape index (κ3) is 3.09. The highest BCUT2D eigenvalue weighted by Crippen LogP contribution is 2.25.